The fourth-order valence-electron chi connectivity index (χ4n) is 3.57. The maximum atomic E-state index is 11.2. The molecule has 6 nitrogen and oxygen atoms in total. The second kappa shape index (κ2) is 9.75. The average molecular weight is 323 g/mol. The molecular formula is C17H33N5O. The van der Waals surface area contributed by atoms with Gasteiger partial charge in [0, 0.05) is 25.6 Å². The number of nitrogens with zero attached hydrogens (tertiary/aromatic N) is 2. The fourth-order valence-corrected chi connectivity index (χ4v) is 3.57. The predicted octanol–water partition coefficient (Wildman–Crippen LogP) is 1.07. The van der Waals surface area contributed by atoms with E-state index in [1.807, 2.05) is 7.05 Å². The van der Waals surface area contributed by atoms with E-state index < -0.39 is 0 Å². The highest BCUT2D eigenvalue weighted by atomic mass is 16.1. The maximum absolute atomic E-state index is 11.2. The van der Waals surface area contributed by atoms with Crippen LogP contribution < -0.4 is 16.4 Å². The summed E-state index contributed by atoms with van der Waals surface area (Å²) in [4.78, 5) is 17.9. The van der Waals surface area contributed by atoms with E-state index in [0.717, 1.165) is 51.4 Å². The SMILES string of the molecule is CN=C(NCCCCN1CCC(C(N)=O)CC1)NC1CCCC1. The van der Waals surface area contributed by atoms with E-state index in [2.05, 4.69) is 20.5 Å². The molecule has 0 radical (unpaired) electrons. The zero-order chi connectivity index (χ0) is 16.5. The molecule has 23 heavy (non-hydrogen) atoms. The van der Waals surface area contributed by atoms with E-state index in [-0.39, 0.29) is 11.8 Å². The first-order valence-corrected chi connectivity index (χ1v) is 9.18. The average Bonchev–Trinajstić information content (AvgIpc) is 3.07. The van der Waals surface area contributed by atoms with Crippen LogP contribution in [-0.2, 0) is 4.79 Å². The van der Waals surface area contributed by atoms with Crippen LogP contribution in [0.4, 0.5) is 0 Å². The zero-order valence-corrected chi connectivity index (χ0v) is 14.5. The van der Waals surface area contributed by atoms with Gasteiger partial charge in [-0.25, -0.2) is 0 Å². The molecule has 0 bridgehead atoms. The van der Waals surface area contributed by atoms with Crippen LogP contribution in [0, 0.1) is 5.92 Å². The highest BCUT2D eigenvalue weighted by Crippen LogP contribution is 2.18. The third-order valence-electron chi connectivity index (χ3n) is 5.10. The molecule has 1 saturated carbocycles. The van der Waals surface area contributed by atoms with Crippen molar-refractivity contribution in [2.75, 3.05) is 33.2 Å². The molecule has 132 valence electrons. The fraction of sp³-hybridized carbons (Fsp3) is 0.882. The van der Waals surface area contributed by atoms with Crippen LogP contribution in [0.3, 0.4) is 0 Å². The summed E-state index contributed by atoms with van der Waals surface area (Å²) >= 11 is 0. The summed E-state index contributed by atoms with van der Waals surface area (Å²) in [7, 11) is 1.84. The molecular weight excluding hydrogens is 290 g/mol. The second-order valence-corrected chi connectivity index (χ2v) is 6.85. The minimum atomic E-state index is -0.130. The summed E-state index contributed by atoms with van der Waals surface area (Å²) in [6.45, 7) is 4.09. The summed E-state index contributed by atoms with van der Waals surface area (Å²) in [5.41, 5.74) is 5.37. The summed E-state index contributed by atoms with van der Waals surface area (Å²) in [6, 6.07) is 0.604. The Bertz CT molecular complexity index is 384. The van der Waals surface area contributed by atoms with Crippen LogP contribution in [0.2, 0.25) is 0 Å². The number of aliphatic imine (C=N–C) groups is 1. The van der Waals surface area contributed by atoms with Crippen molar-refractivity contribution >= 4 is 11.9 Å². The number of nitrogens with two attached hydrogens (primary N) is 1. The lowest BCUT2D eigenvalue weighted by Gasteiger charge is -2.30. The van der Waals surface area contributed by atoms with Crippen molar-refractivity contribution in [1.82, 2.24) is 15.5 Å². The van der Waals surface area contributed by atoms with Crippen molar-refractivity contribution in [2.24, 2.45) is 16.6 Å². The number of nitrogens with one attached hydrogen (secondary N) is 2. The highest BCUT2D eigenvalue weighted by molar-refractivity contribution is 5.79. The number of hydrogen-bond donors (Lipinski definition) is 3. The molecule has 1 heterocycles. The van der Waals surface area contributed by atoms with Gasteiger partial charge in [0.1, 0.15) is 0 Å². The summed E-state index contributed by atoms with van der Waals surface area (Å²) in [5, 5.41) is 6.92. The molecule has 1 saturated heterocycles. The highest BCUT2D eigenvalue weighted by Gasteiger charge is 2.22. The van der Waals surface area contributed by atoms with Gasteiger partial charge in [-0.05, 0) is 58.2 Å². The van der Waals surface area contributed by atoms with Gasteiger partial charge in [0.15, 0.2) is 5.96 Å². The van der Waals surface area contributed by atoms with Crippen LogP contribution in [0.25, 0.3) is 0 Å². The molecule has 0 spiro atoms. The van der Waals surface area contributed by atoms with E-state index in [1.54, 1.807) is 0 Å². The van der Waals surface area contributed by atoms with Crippen molar-refractivity contribution < 1.29 is 4.79 Å². The number of primary amides is 1. The minimum Gasteiger partial charge on any atom is -0.369 e. The van der Waals surface area contributed by atoms with Gasteiger partial charge in [0.2, 0.25) is 5.91 Å². The molecule has 1 aliphatic carbocycles. The van der Waals surface area contributed by atoms with Crippen molar-refractivity contribution in [3.63, 3.8) is 0 Å². The van der Waals surface area contributed by atoms with Gasteiger partial charge in [-0.3, -0.25) is 9.79 Å². The Morgan fingerprint density at radius 1 is 1.17 bits per heavy atom. The van der Waals surface area contributed by atoms with Crippen molar-refractivity contribution in [3.05, 3.63) is 0 Å². The van der Waals surface area contributed by atoms with Gasteiger partial charge in [-0.15, -0.1) is 0 Å². The van der Waals surface area contributed by atoms with E-state index in [4.69, 9.17) is 5.73 Å². The second-order valence-electron chi connectivity index (χ2n) is 6.85. The van der Waals surface area contributed by atoms with Crippen LogP contribution in [0.5, 0.6) is 0 Å². The molecule has 0 aromatic carbocycles. The summed E-state index contributed by atoms with van der Waals surface area (Å²) < 4.78 is 0. The molecule has 0 unspecified atom stereocenters. The number of carbonyl (C=O) groups excluding carboxylic acids is 1. The topological polar surface area (TPSA) is 82.8 Å². The first-order valence-electron chi connectivity index (χ1n) is 9.18. The standard InChI is InChI=1S/C17H33N5O/c1-19-17(21-15-6-2-3-7-15)20-10-4-5-11-22-12-8-14(9-13-22)16(18)23/h14-15H,2-13H2,1H3,(H2,18,23)(H2,19,20,21). The van der Waals surface area contributed by atoms with Gasteiger partial charge in [-0.2, -0.15) is 0 Å². The molecule has 1 aliphatic heterocycles. The van der Waals surface area contributed by atoms with Gasteiger partial charge >= 0.3 is 0 Å². The Hall–Kier alpha value is -1.30. The number of piperidine rings is 1. The van der Waals surface area contributed by atoms with Gasteiger partial charge in [-0.1, -0.05) is 12.8 Å². The quantitative estimate of drug-likeness (QED) is 0.372. The van der Waals surface area contributed by atoms with E-state index in [9.17, 15) is 4.79 Å². The largest absolute Gasteiger partial charge is 0.369 e. The van der Waals surface area contributed by atoms with Crippen LogP contribution >= 0.6 is 0 Å². The van der Waals surface area contributed by atoms with E-state index in [1.165, 1.54) is 32.1 Å². The van der Waals surface area contributed by atoms with Crippen LogP contribution in [-0.4, -0.2) is 56.0 Å². The number of rotatable bonds is 7. The van der Waals surface area contributed by atoms with Crippen molar-refractivity contribution in [1.29, 1.82) is 0 Å². The molecule has 6 heteroatoms. The lowest BCUT2D eigenvalue weighted by atomic mass is 9.96. The van der Waals surface area contributed by atoms with Crippen molar-refractivity contribution in [2.45, 2.75) is 57.4 Å². The number of guanidine groups is 1. The number of amides is 1. The number of hydrogen-bond acceptors (Lipinski definition) is 3. The monoisotopic (exact) mass is 323 g/mol. The Labute approximate surface area is 140 Å². The molecule has 1 amide bonds. The smallest absolute Gasteiger partial charge is 0.220 e. The van der Waals surface area contributed by atoms with E-state index in [0.29, 0.717) is 6.04 Å². The lowest BCUT2D eigenvalue weighted by Crippen LogP contribution is -2.42. The summed E-state index contributed by atoms with van der Waals surface area (Å²) in [6.07, 6.45) is 9.36. The Balaban J connectivity index is 1.51. The van der Waals surface area contributed by atoms with Gasteiger partial charge in [0.05, 0.1) is 0 Å². The molecule has 2 aliphatic rings. The predicted molar refractivity (Wildman–Crippen MR) is 94.3 cm³/mol. The number of unbranched alkanes of at least 4 members (excludes halogenated alkanes) is 1. The Morgan fingerprint density at radius 3 is 2.48 bits per heavy atom. The Morgan fingerprint density at radius 2 is 1.87 bits per heavy atom. The molecule has 2 rings (SSSR count). The first kappa shape index (κ1) is 18.0. The summed E-state index contributed by atoms with van der Waals surface area (Å²) in [5.74, 6) is 0.909. The van der Waals surface area contributed by atoms with E-state index >= 15 is 0 Å². The Kier molecular flexibility index (Phi) is 7.65. The van der Waals surface area contributed by atoms with Crippen LogP contribution in [0.15, 0.2) is 4.99 Å². The normalized spacial score (nSPS) is 21.5. The molecule has 4 N–H and O–H groups in total. The minimum absolute atomic E-state index is 0.0953. The third-order valence-corrected chi connectivity index (χ3v) is 5.10. The third kappa shape index (κ3) is 6.37. The molecule has 0 aromatic rings. The first-order chi connectivity index (χ1) is 11.2. The van der Waals surface area contributed by atoms with Crippen LogP contribution in [0.1, 0.15) is 51.4 Å². The zero-order valence-electron chi connectivity index (χ0n) is 14.5. The molecule has 2 fully saturated rings. The molecule has 0 atom stereocenters. The maximum Gasteiger partial charge on any atom is 0.220 e. The molecule has 0 aromatic heterocycles. The van der Waals surface area contributed by atoms with Gasteiger partial charge in [0.25, 0.3) is 0 Å². The lowest BCUT2D eigenvalue weighted by molar-refractivity contribution is -0.123. The number of carbonyl (C=O) groups is 1. The van der Waals surface area contributed by atoms with Crippen molar-refractivity contribution in [3.8, 4) is 0 Å². The van der Waals surface area contributed by atoms with Gasteiger partial charge < -0.3 is 21.3 Å². The number of likely N-dealkylation sites (tertiary alicyclic amines) is 1.